The maximum absolute atomic E-state index is 5.14. The second-order valence-electron chi connectivity index (χ2n) is 4.69. The number of nitrogens with zero attached hydrogens (tertiary/aromatic N) is 1. The van der Waals surface area contributed by atoms with Gasteiger partial charge >= 0.3 is 0 Å². The second-order valence-corrected chi connectivity index (χ2v) is 4.69. The molecule has 0 fully saturated rings. The van der Waals surface area contributed by atoms with Gasteiger partial charge in [-0.25, -0.2) is 0 Å². The van der Waals surface area contributed by atoms with Gasteiger partial charge in [-0.2, -0.15) is 0 Å². The van der Waals surface area contributed by atoms with E-state index in [9.17, 15) is 0 Å². The predicted octanol–water partition coefficient (Wildman–Crippen LogP) is 2.12. The summed E-state index contributed by atoms with van der Waals surface area (Å²) >= 11 is 0. The number of benzene rings is 1. The van der Waals surface area contributed by atoms with Gasteiger partial charge in [0.05, 0.1) is 7.11 Å². The highest BCUT2D eigenvalue weighted by Crippen LogP contribution is 2.12. The summed E-state index contributed by atoms with van der Waals surface area (Å²) in [6.07, 6.45) is 0. The molecule has 1 N–H and O–H groups in total. The molecular formula is C14H24N2O. The molecule has 0 aliphatic rings. The Morgan fingerprint density at radius 3 is 2.41 bits per heavy atom. The lowest BCUT2D eigenvalue weighted by molar-refractivity contribution is 0.320. The minimum absolute atomic E-state index is 0.560. The molecule has 1 rings (SSSR count). The number of nitrogens with one attached hydrogen (secondary N) is 1. The third-order valence-corrected chi connectivity index (χ3v) is 2.66. The SMILES string of the molecule is COc1ccc(CN(C)CCNC(C)C)cc1. The van der Waals surface area contributed by atoms with Crippen LogP contribution in [0.25, 0.3) is 0 Å². The van der Waals surface area contributed by atoms with Gasteiger partial charge in [0.25, 0.3) is 0 Å². The van der Waals surface area contributed by atoms with Crippen molar-refractivity contribution in [1.29, 1.82) is 0 Å². The molecule has 3 heteroatoms. The van der Waals surface area contributed by atoms with E-state index < -0.39 is 0 Å². The summed E-state index contributed by atoms with van der Waals surface area (Å²) in [5, 5.41) is 3.42. The second kappa shape index (κ2) is 7.30. The molecule has 0 radical (unpaired) electrons. The molecule has 0 aliphatic carbocycles. The zero-order valence-electron chi connectivity index (χ0n) is 11.4. The normalized spacial score (nSPS) is 11.2. The molecule has 0 heterocycles. The van der Waals surface area contributed by atoms with Crippen molar-refractivity contribution in [1.82, 2.24) is 10.2 Å². The van der Waals surface area contributed by atoms with E-state index in [0.29, 0.717) is 6.04 Å². The van der Waals surface area contributed by atoms with E-state index in [4.69, 9.17) is 4.74 Å². The minimum atomic E-state index is 0.560. The molecule has 0 saturated heterocycles. The molecule has 0 bridgehead atoms. The summed E-state index contributed by atoms with van der Waals surface area (Å²) in [6, 6.07) is 8.81. The van der Waals surface area contributed by atoms with Gasteiger partial charge in [-0.3, -0.25) is 0 Å². The third kappa shape index (κ3) is 5.71. The van der Waals surface area contributed by atoms with E-state index in [1.165, 1.54) is 5.56 Å². The van der Waals surface area contributed by atoms with Gasteiger partial charge in [-0.05, 0) is 24.7 Å². The molecule has 0 amide bonds. The number of hydrogen-bond donors (Lipinski definition) is 1. The minimum Gasteiger partial charge on any atom is -0.497 e. The van der Waals surface area contributed by atoms with E-state index >= 15 is 0 Å². The van der Waals surface area contributed by atoms with Crippen LogP contribution < -0.4 is 10.1 Å². The van der Waals surface area contributed by atoms with Crippen LogP contribution in [0.4, 0.5) is 0 Å². The van der Waals surface area contributed by atoms with Gasteiger partial charge in [0, 0.05) is 25.7 Å². The average molecular weight is 236 g/mol. The first kappa shape index (κ1) is 14.0. The zero-order chi connectivity index (χ0) is 12.7. The van der Waals surface area contributed by atoms with Crippen LogP contribution in [-0.4, -0.2) is 38.2 Å². The summed E-state index contributed by atoms with van der Waals surface area (Å²) in [5.41, 5.74) is 1.32. The van der Waals surface area contributed by atoms with Crippen LogP contribution in [-0.2, 0) is 6.54 Å². The first-order valence-corrected chi connectivity index (χ1v) is 6.16. The first-order chi connectivity index (χ1) is 8.11. The van der Waals surface area contributed by atoms with Gasteiger partial charge in [0.1, 0.15) is 5.75 Å². The fraction of sp³-hybridized carbons (Fsp3) is 0.571. The van der Waals surface area contributed by atoms with E-state index in [0.717, 1.165) is 25.4 Å². The molecule has 0 aromatic heterocycles. The van der Waals surface area contributed by atoms with Crippen molar-refractivity contribution in [2.24, 2.45) is 0 Å². The van der Waals surface area contributed by atoms with Crippen molar-refractivity contribution in [3.63, 3.8) is 0 Å². The molecule has 17 heavy (non-hydrogen) atoms. The van der Waals surface area contributed by atoms with Gasteiger partial charge in [-0.1, -0.05) is 26.0 Å². The number of hydrogen-bond acceptors (Lipinski definition) is 3. The summed E-state index contributed by atoms with van der Waals surface area (Å²) in [7, 11) is 3.84. The lowest BCUT2D eigenvalue weighted by atomic mass is 10.2. The Bertz CT molecular complexity index is 309. The molecule has 0 unspecified atom stereocenters. The van der Waals surface area contributed by atoms with Crippen molar-refractivity contribution < 1.29 is 4.74 Å². The number of likely N-dealkylation sites (N-methyl/N-ethyl adjacent to an activating group) is 1. The average Bonchev–Trinajstić information content (AvgIpc) is 2.29. The molecular weight excluding hydrogens is 212 g/mol. The van der Waals surface area contributed by atoms with Gasteiger partial charge < -0.3 is 15.0 Å². The van der Waals surface area contributed by atoms with Crippen molar-refractivity contribution in [3.05, 3.63) is 29.8 Å². The molecule has 1 aromatic rings. The highest BCUT2D eigenvalue weighted by molar-refractivity contribution is 5.26. The van der Waals surface area contributed by atoms with Crippen LogP contribution in [0, 0.1) is 0 Å². The van der Waals surface area contributed by atoms with Crippen LogP contribution in [0.5, 0.6) is 5.75 Å². The summed E-state index contributed by atoms with van der Waals surface area (Å²) in [4.78, 5) is 2.32. The zero-order valence-corrected chi connectivity index (χ0v) is 11.4. The Morgan fingerprint density at radius 2 is 1.88 bits per heavy atom. The molecule has 3 nitrogen and oxygen atoms in total. The van der Waals surface area contributed by atoms with E-state index in [1.807, 2.05) is 12.1 Å². The van der Waals surface area contributed by atoms with Crippen LogP contribution >= 0.6 is 0 Å². The first-order valence-electron chi connectivity index (χ1n) is 6.16. The van der Waals surface area contributed by atoms with E-state index in [2.05, 4.69) is 43.2 Å². The summed E-state index contributed by atoms with van der Waals surface area (Å²) < 4.78 is 5.14. The molecule has 96 valence electrons. The van der Waals surface area contributed by atoms with Gasteiger partial charge in [0.2, 0.25) is 0 Å². The van der Waals surface area contributed by atoms with Gasteiger partial charge in [0.15, 0.2) is 0 Å². The number of methoxy groups -OCH3 is 1. The predicted molar refractivity (Wildman–Crippen MR) is 72.5 cm³/mol. The van der Waals surface area contributed by atoms with Crippen LogP contribution in [0.3, 0.4) is 0 Å². The highest BCUT2D eigenvalue weighted by Gasteiger charge is 2.01. The van der Waals surface area contributed by atoms with E-state index in [1.54, 1.807) is 7.11 Å². The number of rotatable bonds is 7. The lowest BCUT2D eigenvalue weighted by Crippen LogP contribution is -2.32. The Labute approximate surface area is 105 Å². The quantitative estimate of drug-likeness (QED) is 0.785. The van der Waals surface area contributed by atoms with Crippen molar-refractivity contribution in [2.45, 2.75) is 26.4 Å². The molecule has 0 spiro atoms. The van der Waals surface area contributed by atoms with E-state index in [-0.39, 0.29) is 0 Å². The van der Waals surface area contributed by atoms with Crippen LogP contribution in [0.2, 0.25) is 0 Å². The Hall–Kier alpha value is -1.06. The maximum Gasteiger partial charge on any atom is 0.118 e. The largest absolute Gasteiger partial charge is 0.497 e. The molecule has 1 aromatic carbocycles. The number of ether oxygens (including phenoxy) is 1. The topological polar surface area (TPSA) is 24.5 Å². The van der Waals surface area contributed by atoms with Crippen LogP contribution in [0.1, 0.15) is 19.4 Å². The van der Waals surface area contributed by atoms with Crippen molar-refractivity contribution in [3.8, 4) is 5.75 Å². The highest BCUT2D eigenvalue weighted by atomic mass is 16.5. The Morgan fingerprint density at radius 1 is 1.24 bits per heavy atom. The van der Waals surface area contributed by atoms with Crippen LogP contribution in [0.15, 0.2) is 24.3 Å². The van der Waals surface area contributed by atoms with Gasteiger partial charge in [-0.15, -0.1) is 0 Å². The summed E-state index contributed by atoms with van der Waals surface area (Å²) in [5.74, 6) is 0.915. The fourth-order valence-electron chi connectivity index (χ4n) is 1.67. The smallest absolute Gasteiger partial charge is 0.118 e. The van der Waals surface area contributed by atoms with Crippen molar-refractivity contribution in [2.75, 3.05) is 27.2 Å². The molecule has 0 saturated carbocycles. The van der Waals surface area contributed by atoms with Crippen molar-refractivity contribution >= 4 is 0 Å². The standard InChI is InChI=1S/C14H24N2O/c1-12(2)15-9-10-16(3)11-13-5-7-14(17-4)8-6-13/h5-8,12,15H,9-11H2,1-4H3. The monoisotopic (exact) mass is 236 g/mol. The maximum atomic E-state index is 5.14. The Balaban J connectivity index is 2.31. The summed E-state index contributed by atoms with van der Waals surface area (Å²) in [6.45, 7) is 7.41. The fourth-order valence-corrected chi connectivity index (χ4v) is 1.67. The lowest BCUT2D eigenvalue weighted by Gasteiger charge is -2.18. The Kier molecular flexibility index (Phi) is 6.01. The molecule has 0 atom stereocenters. The third-order valence-electron chi connectivity index (χ3n) is 2.66. The molecule has 0 aliphatic heterocycles.